The Kier molecular flexibility index (Phi) is 1.65. The van der Waals surface area contributed by atoms with E-state index in [9.17, 15) is 4.79 Å². The van der Waals surface area contributed by atoms with Crippen LogP contribution < -0.4 is 10.4 Å². The Bertz CT molecular complexity index is 580. The van der Waals surface area contributed by atoms with Gasteiger partial charge in [-0.15, -0.1) is 0 Å². The van der Waals surface area contributed by atoms with Crippen LogP contribution in [0.25, 0.3) is 11.0 Å². The molecule has 0 amide bonds. The number of aryl methyl sites for hydroxylation is 2. The summed E-state index contributed by atoms with van der Waals surface area (Å²) in [6.45, 7) is 0.818. The minimum absolute atomic E-state index is 0.0146. The average molecular weight is 204 g/mol. The van der Waals surface area contributed by atoms with Gasteiger partial charge in [-0.2, -0.15) is 0 Å². The summed E-state index contributed by atoms with van der Waals surface area (Å²) in [6, 6.07) is 3.90. The second-order valence-electron chi connectivity index (χ2n) is 3.87. The topological polar surface area (TPSA) is 47.0 Å². The fraction of sp³-hybridized carbons (Fsp3) is 0.364. The van der Waals surface area contributed by atoms with Gasteiger partial charge in [-0.1, -0.05) is 0 Å². The zero-order chi connectivity index (χ0) is 10.4. The third kappa shape index (κ3) is 1.11. The standard InChI is InChI=1S/C11H12N2O2/c1-15-8-5-7-3-2-4-13-10(7)9(6-8)12-11(13)14/h5-6H,2-4H2,1H3,(H,12,14). The Morgan fingerprint density at radius 2 is 2.33 bits per heavy atom. The van der Waals surface area contributed by atoms with Crippen LogP contribution in [0.1, 0.15) is 12.0 Å². The molecule has 1 aliphatic heterocycles. The molecular formula is C11H12N2O2. The monoisotopic (exact) mass is 204 g/mol. The van der Waals surface area contributed by atoms with Gasteiger partial charge in [0.2, 0.25) is 0 Å². The first kappa shape index (κ1) is 8.59. The van der Waals surface area contributed by atoms with Crippen molar-refractivity contribution in [3.8, 4) is 5.75 Å². The summed E-state index contributed by atoms with van der Waals surface area (Å²) in [4.78, 5) is 14.5. The second kappa shape index (κ2) is 2.89. The highest BCUT2D eigenvalue weighted by Crippen LogP contribution is 2.27. The first-order valence-corrected chi connectivity index (χ1v) is 5.09. The van der Waals surface area contributed by atoms with Crippen molar-refractivity contribution in [2.75, 3.05) is 7.11 Å². The quantitative estimate of drug-likeness (QED) is 0.760. The van der Waals surface area contributed by atoms with Crippen molar-refractivity contribution in [3.05, 3.63) is 28.2 Å². The summed E-state index contributed by atoms with van der Waals surface area (Å²) in [6.07, 6.45) is 2.04. The highest BCUT2D eigenvalue weighted by Gasteiger charge is 2.16. The summed E-state index contributed by atoms with van der Waals surface area (Å²) in [5.41, 5.74) is 3.12. The van der Waals surface area contributed by atoms with Crippen LogP contribution in [0.4, 0.5) is 0 Å². The number of imidazole rings is 1. The van der Waals surface area contributed by atoms with Crippen molar-refractivity contribution in [2.24, 2.45) is 0 Å². The van der Waals surface area contributed by atoms with Crippen molar-refractivity contribution >= 4 is 11.0 Å². The highest BCUT2D eigenvalue weighted by molar-refractivity contribution is 5.81. The predicted molar refractivity (Wildman–Crippen MR) is 57.4 cm³/mol. The van der Waals surface area contributed by atoms with Crippen molar-refractivity contribution in [1.29, 1.82) is 0 Å². The molecule has 0 atom stereocenters. The average Bonchev–Trinajstić information content (AvgIpc) is 2.58. The molecule has 1 N–H and O–H groups in total. The van der Waals surface area contributed by atoms with Crippen LogP contribution in [0.15, 0.2) is 16.9 Å². The Balaban J connectivity index is 2.44. The molecule has 0 fully saturated rings. The number of hydrogen-bond acceptors (Lipinski definition) is 2. The minimum atomic E-state index is -0.0146. The molecule has 3 rings (SSSR count). The third-order valence-electron chi connectivity index (χ3n) is 2.98. The van der Waals surface area contributed by atoms with Gasteiger partial charge >= 0.3 is 5.69 Å². The molecule has 15 heavy (non-hydrogen) atoms. The van der Waals surface area contributed by atoms with Crippen LogP contribution in [0.3, 0.4) is 0 Å². The molecule has 4 heteroatoms. The van der Waals surface area contributed by atoms with Gasteiger partial charge in [0.25, 0.3) is 0 Å². The Morgan fingerprint density at radius 3 is 3.13 bits per heavy atom. The number of nitrogens with one attached hydrogen (secondary N) is 1. The lowest BCUT2D eigenvalue weighted by Gasteiger charge is -2.14. The molecule has 78 valence electrons. The number of aromatic nitrogens is 2. The number of hydrogen-bond donors (Lipinski definition) is 1. The smallest absolute Gasteiger partial charge is 0.326 e. The van der Waals surface area contributed by atoms with Gasteiger partial charge in [-0.25, -0.2) is 4.79 Å². The van der Waals surface area contributed by atoms with E-state index < -0.39 is 0 Å². The van der Waals surface area contributed by atoms with Crippen molar-refractivity contribution in [1.82, 2.24) is 9.55 Å². The van der Waals surface area contributed by atoms with Crippen LogP contribution in [0, 0.1) is 0 Å². The number of nitrogens with zero attached hydrogens (tertiary/aromatic N) is 1. The molecule has 0 radical (unpaired) electrons. The molecule has 0 aliphatic carbocycles. The summed E-state index contributed by atoms with van der Waals surface area (Å²) in [5.74, 6) is 0.813. The molecular weight excluding hydrogens is 192 g/mol. The van der Waals surface area contributed by atoms with Gasteiger partial charge in [-0.3, -0.25) is 4.57 Å². The Labute approximate surface area is 86.5 Å². The fourth-order valence-corrected chi connectivity index (χ4v) is 2.31. The minimum Gasteiger partial charge on any atom is -0.497 e. The van der Waals surface area contributed by atoms with Crippen LogP contribution in [-0.4, -0.2) is 16.7 Å². The second-order valence-corrected chi connectivity index (χ2v) is 3.87. The molecule has 0 unspecified atom stereocenters. The summed E-state index contributed by atoms with van der Waals surface area (Å²) in [7, 11) is 1.64. The third-order valence-corrected chi connectivity index (χ3v) is 2.98. The number of rotatable bonds is 1. The molecule has 1 aliphatic rings. The van der Waals surface area contributed by atoms with E-state index in [1.165, 1.54) is 5.56 Å². The molecule has 0 saturated carbocycles. The van der Waals surface area contributed by atoms with E-state index in [2.05, 4.69) is 4.98 Å². The molecule has 2 heterocycles. The molecule has 0 bridgehead atoms. The summed E-state index contributed by atoms with van der Waals surface area (Å²) in [5, 5.41) is 0. The fourth-order valence-electron chi connectivity index (χ4n) is 2.31. The maximum absolute atomic E-state index is 11.6. The molecule has 1 aromatic carbocycles. The Hall–Kier alpha value is -1.71. The number of aromatic amines is 1. The van der Waals surface area contributed by atoms with Gasteiger partial charge in [-0.05, 0) is 24.5 Å². The maximum Gasteiger partial charge on any atom is 0.326 e. The van der Waals surface area contributed by atoms with E-state index in [-0.39, 0.29) is 5.69 Å². The van der Waals surface area contributed by atoms with Gasteiger partial charge in [0.05, 0.1) is 18.1 Å². The summed E-state index contributed by atoms with van der Waals surface area (Å²) >= 11 is 0. The lowest BCUT2D eigenvalue weighted by atomic mass is 10.0. The van der Waals surface area contributed by atoms with Gasteiger partial charge in [0.1, 0.15) is 5.75 Å². The van der Waals surface area contributed by atoms with E-state index in [1.807, 2.05) is 16.7 Å². The molecule has 0 spiro atoms. The van der Waals surface area contributed by atoms with E-state index in [4.69, 9.17) is 4.74 Å². The normalized spacial score (nSPS) is 14.5. The lowest BCUT2D eigenvalue weighted by molar-refractivity contribution is 0.414. The molecule has 2 aromatic rings. The molecule has 0 saturated heterocycles. The van der Waals surface area contributed by atoms with Crippen LogP contribution in [-0.2, 0) is 13.0 Å². The molecule has 1 aromatic heterocycles. The van der Waals surface area contributed by atoms with Crippen LogP contribution in [0.2, 0.25) is 0 Å². The summed E-state index contributed by atoms with van der Waals surface area (Å²) < 4.78 is 7.02. The van der Waals surface area contributed by atoms with Crippen LogP contribution >= 0.6 is 0 Å². The van der Waals surface area contributed by atoms with E-state index in [1.54, 1.807) is 7.11 Å². The van der Waals surface area contributed by atoms with E-state index in [0.29, 0.717) is 0 Å². The maximum atomic E-state index is 11.6. The SMILES string of the molecule is COc1cc2c3c(c1)[nH]c(=O)n3CCC2. The van der Waals surface area contributed by atoms with Gasteiger partial charge < -0.3 is 9.72 Å². The van der Waals surface area contributed by atoms with Crippen molar-refractivity contribution in [3.63, 3.8) is 0 Å². The lowest BCUT2D eigenvalue weighted by Crippen LogP contribution is -2.20. The largest absolute Gasteiger partial charge is 0.497 e. The zero-order valence-electron chi connectivity index (χ0n) is 8.54. The van der Waals surface area contributed by atoms with Gasteiger partial charge in [0.15, 0.2) is 0 Å². The first-order chi connectivity index (χ1) is 7.29. The number of methoxy groups -OCH3 is 1. The van der Waals surface area contributed by atoms with E-state index in [0.717, 1.165) is 36.2 Å². The van der Waals surface area contributed by atoms with E-state index >= 15 is 0 Å². The van der Waals surface area contributed by atoms with Crippen LogP contribution in [0.5, 0.6) is 5.75 Å². The van der Waals surface area contributed by atoms with Gasteiger partial charge in [0, 0.05) is 12.6 Å². The number of ether oxygens (including phenoxy) is 1. The first-order valence-electron chi connectivity index (χ1n) is 5.09. The predicted octanol–water partition coefficient (Wildman–Crippen LogP) is 1.28. The number of H-pyrrole nitrogens is 1. The van der Waals surface area contributed by atoms with Crippen molar-refractivity contribution in [2.45, 2.75) is 19.4 Å². The van der Waals surface area contributed by atoms with Crippen molar-refractivity contribution < 1.29 is 4.74 Å². The number of benzene rings is 1. The highest BCUT2D eigenvalue weighted by atomic mass is 16.5. The molecule has 4 nitrogen and oxygen atoms in total. The zero-order valence-corrected chi connectivity index (χ0v) is 8.54. The Morgan fingerprint density at radius 1 is 1.47 bits per heavy atom.